The van der Waals surface area contributed by atoms with Gasteiger partial charge in [0.25, 0.3) is 0 Å². The van der Waals surface area contributed by atoms with Crippen LogP contribution in [0, 0.1) is 5.82 Å². The second-order valence-electron chi connectivity index (χ2n) is 7.25. The zero-order valence-corrected chi connectivity index (χ0v) is 17.1. The number of benzene rings is 3. The summed E-state index contributed by atoms with van der Waals surface area (Å²) in [7, 11) is 1.52. The van der Waals surface area contributed by atoms with Crippen LogP contribution in [-0.2, 0) is 4.79 Å². The molecular formula is C24H18FN5O2. The quantitative estimate of drug-likeness (QED) is 0.518. The third kappa shape index (κ3) is 3.62. The van der Waals surface area contributed by atoms with Crippen LogP contribution in [0.1, 0.15) is 12.0 Å². The number of hydrogen-bond donors (Lipinski definition) is 1. The van der Waals surface area contributed by atoms with Crippen molar-refractivity contribution in [3.8, 4) is 22.6 Å². The molecule has 7 nitrogen and oxygen atoms in total. The van der Waals surface area contributed by atoms with E-state index in [1.54, 1.807) is 47.6 Å². The maximum absolute atomic E-state index is 14.4. The summed E-state index contributed by atoms with van der Waals surface area (Å²) in [5, 5.41) is 10.6. The first-order valence-electron chi connectivity index (χ1n) is 9.92. The SMILES string of the molecule is COc1cc2c(cc1-c1ccccc1F)NC(=O)CC(c1cccc(-n3cnnc3)c1)=N2. The van der Waals surface area contributed by atoms with Crippen molar-refractivity contribution >= 4 is 23.0 Å². The standard InChI is InChI=1S/C24H18FN5O2/c1-32-23-11-22-21(10-18(23)17-7-2-3-8-19(17)25)29-24(31)12-20(28-22)15-5-4-6-16(9-15)30-13-26-27-14-30/h2-11,13-14H,12H2,1H3,(H,29,31). The maximum atomic E-state index is 14.4. The van der Waals surface area contributed by atoms with Crippen LogP contribution < -0.4 is 10.1 Å². The zero-order valence-electron chi connectivity index (χ0n) is 17.1. The molecule has 0 atom stereocenters. The molecule has 1 aliphatic rings. The lowest BCUT2D eigenvalue weighted by atomic mass is 10.0. The van der Waals surface area contributed by atoms with Crippen LogP contribution >= 0.6 is 0 Å². The summed E-state index contributed by atoms with van der Waals surface area (Å²) in [4.78, 5) is 17.5. The highest BCUT2D eigenvalue weighted by Gasteiger charge is 2.21. The fourth-order valence-corrected chi connectivity index (χ4v) is 3.70. The molecule has 158 valence electrons. The molecule has 8 heteroatoms. The van der Waals surface area contributed by atoms with E-state index in [-0.39, 0.29) is 18.1 Å². The topological polar surface area (TPSA) is 81.4 Å². The molecule has 0 aliphatic carbocycles. The van der Waals surface area contributed by atoms with Crippen molar-refractivity contribution in [2.45, 2.75) is 6.42 Å². The highest BCUT2D eigenvalue weighted by atomic mass is 19.1. The summed E-state index contributed by atoms with van der Waals surface area (Å²) in [5.74, 6) is -0.117. The van der Waals surface area contributed by atoms with Gasteiger partial charge in [0.2, 0.25) is 5.91 Å². The number of anilines is 1. The number of halogens is 1. The van der Waals surface area contributed by atoms with Crippen molar-refractivity contribution in [1.82, 2.24) is 14.8 Å². The third-order valence-corrected chi connectivity index (χ3v) is 5.24. The molecule has 1 N–H and O–H groups in total. The van der Waals surface area contributed by atoms with Gasteiger partial charge in [-0.25, -0.2) is 9.38 Å². The lowest BCUT2D eigenvalue weighted by Gasteiger charge is -2.14. The summed E-state index contributed by atoms with van der Waals surface area (Å²) in [6, 6.07) is 17.5. The second-order valence-corrected chi connectivity index (χ2v) is 7.25. The normalized spacial score (nSPS) is 13.1. The Morgan fingerprint density at radius 2 is 1.81 bits per heavy atom. The van der Waals surface area contributed by atoms with Crippen LogP contribution in [0.2, 0.25) is 0 Å². The Kier molecular flexibility index (Phi) is 4.95. The van der Waals surface area contributed by atoms with E-state index in [2.05, 4.69) is 15.5 Å². The molecule has 1 aromatic heterocycles. The summed E-state index contributed by atoms with van der Waals surface area (Å²) in [5.41, 5.74) is 4.23. The molecule has 4 aromatic rings. The van der Waals surface area contributed by atoms with Crippen LogP contribution in [0.15, 0.2) is 78.3 Å². The summed E-state index contributed by atoms with van der Waals surface area (Å²) in [6.45, 7) is 0. The fraction of sp³-hybridized carbons (Fsp3) is 0.0833. The Hall–Kier alpha value is -4.33. The molecule has 0 fully saturated rings. The van der Waals surface area contributed by atoms with Gasteiger partial charge in [0.05, 0.1) is 30.6 Å². The van der Waals surface area contributed by atoms with Gasteiger partial charge in [-0.3, -0.25) is 9.36 Å². The smallest absolute Gasteiger partial charge is 0.230 e. The molecule has 2 heterocycles. The molecule has 0 saturated heterocycles. The van der Waals surface area contributed by atoms with E-state index < -0.39 is 0 Å². The Morgan fingerprint density at radius 1 is 1.00 bits per heavy atom. The molecule has 0 saturated carbocycles. The van der Waals surface area contributed by atoms with Gasteiger partial charge in [-0.15, -0.1) is 10.2 Å². The van der Waals surface area contributed by atoms with Gasteiger partial charge in [0.1, 0.15) is 24.2 Å². The number of carbonyl (C=O) groups is 1. The minimum Gasteiger partial charge on any atom is -0.496 e. The van der Waals surface area contributed by atoms with Gasteiger partial charge in [0, 0.05) is 22.9 Å². The minimum absolute atomic E-state index is 0.0949. The van der Waals surface area contributed by atoms with Crippen LogP contribution in [0.3, 0.4) is 0 Å². The first kappa shape index (κ1) is 19.6. The Bertz CT molecular complexity index is 1350. The number of carbonyl (C=O) groups excluding carboxylic acids is 1. The molecule has 3 aromatic carbocycles. The van der Waals surface area contributed by atoms with E-state index in [0.717, 1.165) is 11.3 Å². The summed E-state index contributed by atoms with van der Waals surface area (Å²) in [6.07, 6.45) is 3.30. The van der Waals surface area contributed by atoms with Crippen molar-refractivity contribution in [3.05, 3.63) is 84.7 Å². The number of hydrogen-bond acceptors (Lipinski definition) is 5. The number of fused-ring (bicyclic) bond motifs is 1. The molecule has 5 rings (SSSR count). The van der Waals surface area contributed by atoms with E-state index in [1.807, 2.05) is 24.3 Å². The molecule has 32 heavy (non-hydrogen) atoms. The van der Waals surface area contributed by atoms with Gasteiger partial charge in [-0.1, -0.05) is 30.3 Å². The van der Waals surface area contributed by atoms with Crippen molar-refractivity contribution in [3.63, 3.8) is 0 Å². The zero-order chi connectivity index (χ0) is 22.1. The number of ether oxygens (including phenoxy) is 1. The van der Waals surface area contributed by atoms with Crippen LogP contribution in [0.25, 0.3) is 16.8 Å². The van der Waals surface area contributed by atoms with E-state index >= 15 is 0 Å². The van der Waals surface area contributed by atoms with Gasteiger partial charge < -0.3 is 10.1 Å². The number of methoxy groups -OCH3 is 1. The number of nitrogens with one attached hydrogen (secondary N) is 1. The number of amides is 1. The average molecular weight is 427 g/mol. The Labute approximate surface area is 183 Å². The molecule has 0 unspecified atom stereocenters. The van der Waals surface area contributed by atoms with E-state index in [1.165, 1.54) is 13.2 Å². The average Bonchev–Trinajstić information content (AvgIpc) is 3.29. The monoisotopic (exact) mass is 427 g/mol. The molecular weight excluding hydrogens is 409 g/mol. The minimum atomic E-state index is -0.374. The maximum Gasteiger partial charge on any atom is 0.230 e. The molecule has 1 amide bonds. The molecule has 1 aliphatic heterocycles. The summed E-state index contributed by atoms with van der Waals surface area (Å²) >= 11 is 0. The van der Waals surface area contributed by atoms with Crippen LogP contribution in [0.5, 0.6) is 5.75 Å². The van der Waals surface area contributed by atoms with E-state index in [0.29, 0.717) is 34.0 Å². The first-order valence-corrected chi connectivity index (χ1v) is 9.92. The van der Waals surface area contributed by atoms with Gasteiger partial charge in [-0.2, -0.15) is 0 Å². The number of aromatic nitrogens is 3. The number of aliphatic imine (C=N–C) groups is 1. The summed E-state index contributed by atoms with van der Waals surface area (Å²) < 4.78 is 21.7. The third-order valence-electron chi connectivity index (χ3n) is 5.24. The second kappa shape index (κ2) is 8.07. The van der Waals surface area contributed by atoms with Gasteiger partial charge in [-0.05, 0) is 29.8 Å². The van der Waals surface area contributed by atoms with E-state index in [4.69, 9.17) is 9.73 Å². The predicted octanol–water partition coefficient (Wildman–Crippen LogP) is 4.55. The van der Waals surface area contributed by atoms with Crippen molar-refractivity contribution in [2.24, 2.45) is 4.99 Å². The van der Waals surface area contributed by atoms with Gasteiger partial charge in [0.15, 0.2) is 0 Å². The Morgan fingerprint density at radius 3 is 2.59 bits per heavy atom. The number of nitrogens with zero attached hydrogens (tertiary/aromatic N) is 4. The Balaban J connectivity index is 1.62. The largest absolute Gasteiger partial charge is 0.496 e. The molecule has 0 radical (unpaired) electrons. The lowest BCUT2D eigenvalue weighted by Crippen LogP contribution is -2.15. The predicted molar refractivity (Wildman–Crippen MR) is 119 cm³/mol. The highest BCUT2D eigenvalue weighted by Crippen LogP contribution is 2.41. The fourth-order valence-electron chi connectivity index (χ4n) is 3.70. The van der Waals surface area contributed by atoms with Crippen LogP contribution in [-0.4, -0.2) is 33.5 Å². The van der Waals surface area contributed by atoms with Crippen LogP contribution in [0.4, 0.5) is 15.8 Å². The van der Waals surface area contributed by atoms with Crippen molar-refractivity contribution < 1.29 is 13.9 Å². The lowest BCUT2D eigenvalue weighted by molar-refractivity contribution is -0.115. The molecule has 0 spiro atoms. The van der Waals surface area contributed by atoms with Crippen molar-refractivity contribution in [1.29, 1.82) is 0 Å². The molecule has 0 bridgehead atoms. The van der Waals surface area contributed by atoms with E-state index in [9.17, 15) is 9.18 Å². The number of rotatable bonds is 4. The van der Waals surface area contributed by atoms with Gasteiger partial charge >= 0.3 is 0 Å². The van der Waals surface area contributed by atoms with Crippen molar-refractivity contribution in [2.75, 3.05) is 12.4 Å². The highest BCUT2D eigenvalue weighted by molar-refractivity contribution is 6.17. The first-order chi connectivity index (χ1) is 15.6.